The van der Waals surface area contributed by atoms with E-state index >= 15 is 0 Å². The average Bonchev–Trinajstić information content (AvgIpc) is 2.56. The minimum absolute atomic E-state index is 0.617. The number of anilines is 1. The number of halogens is 1. The van der Waals surface area contributed by atoms with Crippen molar-refractivity contribution in [1.82, 2.24) is 9.97 Å². The van der Waals surface area contributed by atoms with E-state index in [-0.39, 0.29) is 0 Å². The van der Waals surface area contributed by atoms with Crippen LogP contribution in [-0.2, 0) is 0 Å². The van der Waals surface area contributed by atoms with Gasteiger partial charge < -0.3 is 20.5 Å². The molecule has 2 aromatic heterocycles. The molecule has 0 aliphatic carbocycles. The van der Waals surface area contributed by atoms with Gasteiger partial charge in [-0.25, -0.2) is 9.97 Å². The molecule has 23 heavy (non-hydrogen) atoms. The number of aromatic nitrogens is 2. The Hall–Kier alpha value is -1.86. The van der Waals surface area contributed by atoms with Gasteiger partial charge in [0.25, 0.3) is 0 Å². The second kappa shape index (κ2) is 10.0. The van der Waals surface area contributed by atoms with Gasteiger partial charge in [-0.3, -0.25) is 0 Å². The van der Waals surface area contributed by atoms with E-state index in [0.29, 0.717) is 18.3 Å². The molecule has 0 fully saturated rings. The molecule has 0 radical (unpaired) electrons. The highest BCUT2D eigenvalue weighted by atomic mass is 79.9. The molecule has 0 aliphatic rings. The average molecular weight is 383 g/mol. The summed E-state index contributed by atoms with van der Waals surface area (Å²) >= 11 is 3.34. The number of hydrogen-bond donors (Lipinski definition) is 2. The lowest BCUT2D eigenvalue weighted by Crippen LogP contribution is -2.14. The van der Waals surface area contributed by atoms with E-state index in [1.807, 2.05) is 38.1 Å². The van der Waals surface area contributed by atoms with Crippen molar-refractivity contribution in [3.8, 4) is 11.8 Å². The minimum atomic E-state index is 0.617. The Labute approximate surface area is 145 Å². The van der Waals surface area contributed by atoms with Crippen molar-refractivity contribution in [3.63, 3.8) is 0 Å². The van der Waals surface area contributed by atoms with Crippen molar-refractivity contribution in [1.29, 1.82) is 0 Å². The van der Waals surface area contributed by atoms with Crippen molar-refractivity contribution in [2.24, 2.45) is 5.73 Å². The first kappa shape index (κ1) is 19.2. The van der Waals surface area contributed by atoms with E-state index in [1.165, 1.54) is 0 Å². The third-order valence-electron chi connectivity index (χ3n) is 2.93. The minimum Gasteiger partial charge on any atom is -0.481 e. The Morgan fingerprint density at radius 2 is 1.57 bits per heavy atom. The number of nitrogens with two attached hydrogens (primary N) is 1. The second-order valence-electron chi connectivity index (χ2n) is 4.62. The van der Waals surface area contributed by atoms with Crippen LogP contribution >= 0.6 is 15.9 Å². The maximum atomic E-state index is 5.37. The summed E-state index contributed by atoms with van der Waals surface area (Å²) in [5.74, 6) is 1.29. The van der Waals surface area contributed by atoms with E-state index in [4.69, 9.17) is 15.2 Å². The molecule has 3 N–H and O–H groups in total. The number of ether oxygens (including phenoxy) is 2. The number of hydrogen-bond acceptors (Lipinski definition) is 6. The Morgan fingerprint density at radius 1 is 1.00 bits per heavy atom. The molecule has 0 unspecified atom stereocenters. The van der Waals surface area contributed by atoms with Crippen LogP contribution in [0.1, 0.15) is 11.4 Å². The number of methoxy groups -OCH3 is 2. The maximum Gasteiger partial charge on any atom is 0.213 e. The number of pyridine rings is 2. The van der Waals surface area contributed by atoms with Crippen LogP contribution in [0, 0.1) is 13.8 Å². The monoisotopic (exact) mass is 382 g/mol. The molecule has 0 atom stereocenters. The third kappa shape index (κ3) is 6.42. The highest BCUT2D eigenvalue weighted by Gasteiger charge is 2.00. The lowest BCUT2D eigenvalue weighted by atomic mass is 10.3. The predicted octanol–water partition coefficient (Wildman–Crippen LogP) is 2.93. The molecule has 2 rings (SSSR count). The Morgan fingerprint density at radius 3 is 2.04 bits per heavy atom. The smallest absolute Gasteiger partial charge is 0.213 e. The first-order valence-electron chi connectivity index (χ1n) is 7.14. The third-order valence-corrected chi connectivity index (χ3v) is 3.77. The van der Waals surface area contributed by atoms with E-state index in [9.17, 15) is 0 Å². The van der Waals surface area contributed by atoms with Gasteiger partial charge >= 0.3 is 0 Å². The molecule has 2 heterocycles. The molecule has 0 aliphatic heterocycles. The molecule has 0 amide bonds. The zero-order valence-corrected chi connectivity index (χ0v) is 15.5. The van der Waals surface area contributed by atoms with Gasteiger partial charge in [0.1, 0.15) is 0 Å². The van der Waals surface area contributed by atoms with Crippen LogP contribution in [0.25, 0.3) is 0 Å². The summed E-state index contributed by atoms with van der Waals surface area (Å²) in [7, 11) is 3.21. The van der Waals surface area contributed by atoms with Gasteiger partial charge in [-0.2, -0.15) is 0 Å². The molecule has 7 heteroatoms. The summed E-state index contributed by atoms with van der Waals surface area (Å²) < 4.78 is 10.9. The Bertz CT molecular complexity index is 623. The molecule has 0 aromatic carbocycles. The first-order chi connectivity index (χ1) is 11.0. The van der Waals surface area contributed by atoms with Crippen molar-refractivity contribution in [2.45, 2.75) is 13.8 Å². The number of rotatable bonds is 5. The van der Waals surface area contributed by atoms with Crippen molar-refractivity contribution in [2.75, 3.05) is 32.6 Å². The van der Waals surface area contributed by atoms with Gasteiger partial charge in [0.2, 0.25) is 11.8 Å². The van der Waals surface area contributed by atoms with E-state index in [0.717, 1.165) is 28.1 Å². The van der Waals surface area contributed by atoms with Crippen LogP contribution in [-0.4, -0.2) is 37.3 Å². The highest BCUT2D eigenvalue weighted by Crippen LogP contribution is 2.17. The van der Waals surface area contributed by atoms with E-state index < -0.39 is 0 Å². The van der Waals surface area contributed by atoms with Crippen LogP contribution in [0.3, 0.4) is 0 Å². The van der Waals surface area contributed by atoms with Crippen LogP contribution in [0.5, 0.6) is 11.8 Å². The van der Waals surface area contributed by atoms with Gasteiger partial charge in [-0.1, -0.05) is 0 Å². The molecule has 2 aromatic rings. The SMILES string of the molecule is COc1ccc(Br)c(C)n1.COc1ccc(NCCN)c(C)n1. The van der Waals surface area contributed by atoms with E-state index in [1.54, 1.807) is 14.2 Å². The molecule has 0 spiro atoms. The van der Waals surface area contributed by atoms with Crippen LogP contribution < -0.4 is 20.5 Å². The zero-order valence-electron chi connectivity index (χ0n) is 13.9. The normalized spacial score (nSPS) is 9.65. The molecule has 126 valence electrons. The van der Waals surface area contributed by atoms with Gasteiger partial charge in [-0.05, 0) is 41.9 Å². The van der Waals surface area contributed by atoms with Crippen LogP contribution in [0.15, 0.2) is 28.7 Å². The summed E-state index contributed by atoms with van der Waals surface area (Å²) in [4.78, 5) is 8.34. The first-order valence-corrected chi connectivity index (χ1v) is 7.93. The fourth-order valence-electron chi connectivity index (χ4n) is 1.68. The van der Waals surface area contributed by atoms with Gasteiger partial charge in [0.05, 0.1) is 31.3 Å². The van der Waals surface area contributed by atoms with Crippen LogP contribution in [0.2, 0.25) is 0 Å². The van der Waals surface area contributed by atoms with Crippen molar-refractivity contribution in [3.05, 3.63) is 40.1 Å². The molecule has 0 saturated carbocycles. The standard InChI is InChI=1S/C9H15N3O.C7H8BrNO/c1-7-8(11-6-5-10)3-4-9(12-7)13-2;1-5-6(8)3-4-7(9-5)10-2/h3-4,11H,5-6,10H2,1-2H3;3-4H,1-2H3. The highest BCUT2D eigenvalue weighted by molar-refractivity contribution is 9.10. The Balaban J connectivity index is 0.000000238. The predicted molar refractivity (Wildman–Crippen MR) is 96.3 cm³/mol. The molecule has 0 bridgehead atoms. The number of nitrogens with zero attached hydrogens (tertiary/aromatic N) is 2. The van der Waals surface area contributed by atoms with Gasteiger partial charge in [-0.15, -0.1) is 0 Å². The molecular weight excluding hydrogens is 360 g/mol. The summed E-state index contributed by atoms with van der Waals surface area (Å²) in [6.07, 6.45) is 0. The van der Waals surface area contributed by atoms with Crippen LogP contribution in [0.4, 0.5) is 5.69 Å². The summed E-state index contributed by atoms with van der Waals surface area (Å²) in [5, 5.41) is 3.17. The quantitative estimate of drug-likeness (QED) is 0.826. The summed E-state index contributed by atoms with van der Waals surface area (Å²) in [6, 6.07) is 7.50. The maximum absolute atomic E-state index is 5.37. The largest absolute Gasteiger partial charge is 0.481 e. The fourth-order valence-corrected chi connectivity index (χ4v) is 1.90. The lowest BCUT2D eigenvalue weighted by Gasteiger charge is -2.08. The zero-order chi connectivity index (χ0) is 17.2. The van der Waals surface area contributed by atoms with Crippen molar-refractivity contribution >= 4 is 21.6 Å². The lowest BCUT2D eigenvalue weighted by molar-refractivity contribution is 0.396. The van der Waals surface area contributed by atoms with Gasteiger partial charge in [0.15, 0.2) is 0 Å². The topological polar surface area (TPSA) is 82.3 Å². The molecule has 6 nitrogen and oxygen atoms in total. The number of aryl methyl sites for hydroxylation is 2. The Kier molecular flexibility index (Phi) is 8.36. The van der Waals surface area contributed by atoms with Crippen molar-refractivity contribution < 1.29 is 9.47 Å². The van der Waals surface area contributed by atoms with Gasteiger partial charge in [0, 0.05) is 29.7 Å². The summed E-state index contributed by atoms with van der Waals surface area (Å²) in [6.45, 7) is 5.23. The summed E-state index contributed by atoms with van der Waals surface area (Å²) in [5.41, 5.74) is 8.25. The fraction of sp³-hybridized carbons (Fsp3) is 0.375. The second-order valence-corrected chi connectivity index (χ2v) is 5.48. The van der Waals surface area contributed by atoms with E-state index in [2.05, 4.69) is 31.2 Å². The molecule has 0 saturated heterocycles. The molecular formula is C16H23BrN4O2. The number of nitrogens with one attached hydrogen (secondary N) is 1.